The predicted octanol–water partition coefficient (Wildman–Crippen LogP) is 6.30. The summed E-state index contributed by atoms with van der Waals surface area (Å²) >= 11 is 7.23. The highest BCUT2D eigenvalue weighted by Gasteiger charge is 2.25. The number of halogens is 2. The van der Waals surface area contributed by atoms with E-state index in [2.05, 4.69) is 5.32 Å². The summed E-state index contributed by atoms with van der Waals surface area (Å²) in [6, 6.07) is 20.9. The summed E-state index contributed by atoms with van der Waals surface area (Å²) in [5.41, 5.74) is 1.76. The van der Waals surface area contributed by atoms with Gasteiger partial charge in [0.15, 0.2) is 4.91 Å². The zero-order valence-corrected chi connectivity index (χ0v) is 18.9. The highest BCUT2D eigenvalue weighted by Crippen LogP contribution is 2.32. The second kappa shape index (κ2) is 10.0. The van der Waals surface area contributed by atoms with Crippen molar-refractivity contribution in [2.45, 2.75) is 17.6 Å². The monoisotopic (exact) mass is 472 g/mol. The molecule has 0 spiro atoms. The molecule has 3 aromatic rings. The van der Waals surface area contributed by atoms with E-state index < -0.39 is 20.6 Å². The van der Waals surface area contributed by atoms with E-state index in [9.17, 15) is 18.1 Å². The molecule has 0 radical (unpaired) electrons. The van der Waals surface area contributed by atoms with Gasteiger partial charge in [-0.15, -0.1) is 11.8 Å². The SMILES string of the molecule is Cc1ccc(NC(SCc2ccccc2F)=C(C#N)S(=O)(=O)c2ccccc2)cc1Cl. The largest absolute Gasteiger partial charge is 0.348 e. The van der Waals surface area contributed by atoms with E-state index in [1.165, 1.54) is 18.2 Å². The van der Waals surface area contributed by atoms with Crippen LogP contribution in [0.15, 0.2) is 87.6 Å². The molecule has 3 rings (SSSR count). The van der Waals surface area contributed by atoms with Crippen LogP contribution in [0.25, 0.3) is 0 Å². The first-order valence-corrected chi connectivity index (χ1v) is 12.0. The third-order valence-electron chi connectivity index (χ3n) is 4.39. The van der Waals surface area contributed by atoms with Gasteiger partial charge < -0.3 is 5.32 Å². The Morgan fingerprint density at radius 1 is 1.10 bits per heavy atom. The van der Waals surface area contributed by atoms with Crippen molar-refractivity contribution in [3.8, 4) is 6.07 Å². The second-order valence-electron chi connectivity index (χ2n) is 6.56. The van der Waals surface area contributed by atoms with Crippen LogP contribution in [0, 0.1) is 24.1 Å². The van der Waals surface area contributed by atoms with E-state index in [1.54, 1.807) is 54.6 Å². The van der Waals surface area contributed by atoms with Crippen LogP contribution in [-0.4, -0.2) is 8.42 Å². The molecule has 8 heteroatoms. The Bertz CT molecular complexity index is 1270. The Balaban J connectivity index is 2.07. The van der Waals surface area contributed by atoms with Gasteiger partial charge in [0.05, 0.1) is 4.90 Å². The van der Waals surface area contributed by atoms with Gasteiger partial charge in [0.25, 0.3) is 0 Å². The Hall–Kier alpha value is -2.79. The number of nitrogens with zero attached hydrogens (tertiary/aromatic N) is 1. The molecule has 0 bridgehead atoms. The van der Waals surface area contributed by atoms with Crippen LogP contribution in [0.3, 0.4) is 0 Å². The van der Waals surface area contributed by atoms with E-state index in [-0.39, 0.29) is 15.7 Å². The summed E-state index contributed by atoms with van der Waals surface area (Å²) in [7, 11) is -4.09. The summed E-state index contributed by atoms with van der Waals surface area (Å²) in [5, 5.41) is 13.4. The van der Waals surface area contributed by atoms with Gasteiger partial charge in [0, 0.05) is 16.5 Å². The van der Waals surface area contributed by atoms with E-state index in [1.807, 2.05) is 13.0 Å². The lowest BCUT2D eigenvalue weighted by Gasteiger charge is -2.15. The number of aryl methyl sites for hydroxylation is 1. The van der Waals surface area contributed by atoms with E-state index in [0.717, 1.165) is 17.3 Å². The van der Waals surface area contributed by atoms with E-state index in [4.69, 9.17) is 11.6 Å². The molecule has 158 valence electrons. The smallest absolute Gasteiger partial charge is 0.219 e. The molecule has 0 heterocycles. The van der Waals surface area contributed by atoms with Crippen LogP contribution in [0.4, 0.5) is 10.1 Å². The van der Waals surface area contributed by atoms with Crippen molar-refractivity contribution in [2.75, 3.05) is 5.32 Å². The number of hydrogen-bond acceptors (Lipinski definition) is 5. The van der Waals surface area contributed by atoms with Crippen molar-refractivity contribution in [3.05, 3.63) is 105 Å². The molecule has 0 aliphatic carbocycles. The van der Waals surface area contributed by atoms with Gasteiger partial charge in [-0.05, 0) is 48.4 Å². The molecule has 0 saturated heterocycles. The van der Waals surface area contributed by atoms with E-state index in [0.29, 0.717) is 16.3 Å². The van der Waals surface area contributed by atoms with Crippen LogP contribution in [0.1, 0.15) is 11.1 Å². The molecule has 3 aromatic carbocycles. The normalized spacial score (nSPS) is 12.1. The molecule has 0 fully saturated rings. The van der Waals surface area contributed by atoms with Gasteiger partial charge in [-0.2, -0.15) is 5.26 Å². The fourth-order valence-corrected chi connectivity index (χ4v) is 5.43. The molecule has 0 aliphatic rings. The number of anilines is 1. The average molecular weight is 473 g/mol. The second-order valence-corrected chi connectivity index (χ2v) is 9.83. The van der Waals surface area contributed by atoms with Crippen molar-refractivity contribution in [1.82, 2.24) is 0 Å². The number of sulfone groups is 1. The predicted molar refractivity (Wildman–Crippen MR) is 124 cm³/mol. The molecule has 1 N–H and O–H groups in total. The third-order valence-corrected chi connectivity index (χ3v) is 7.70. The van der Waals surface area contributed by atoms with Crippen molar-refractivity contribution in [2.24, 2.45) is 0 Å². The first kappa shape index (κ1) is 22.9. The first-order valence-electron chi connectivity index (χ1n) is 9.17. The fraction of sp³-hybridized carbons (Fsp3) is 0.0870. The Kier molecular flexibility index (Phi) is 7.39. The molecule has 0 amide bonds. The number of benzene rings is 3. The lowest BCUT2D eigenvalue weighted by molar-refractivity contribution is 0.603. The highest BCUT2D eigenvalue weighted by molar-refractivity contribution is 8.04. The van der Waals surface area contributed by atoms with Crippen LogP contribution >= 0.6 is 23.4 Å². The number of nitrogens with one attached hydrogen (secondary N) is 1. The molecule has 0 saturated carbocycles. The number of hydrogen-bond donors (Lipinski definition) is 1. The lowest BCUT2D eigenvalue weighted by Crippen LogP contribution is -2.10. The maximum atomic E-state index is 14.1. The lowest BCUT2D eigenvalue weighted by atomic mass is 10.2. The number of allylic oxidation sites excluding steroid dienone is 1. The first-order chi connectivity index (χ1) is 14.8. The zero-order valence-electron chi connectivity index (χ0n) is 16.5. The molecule has 4 nitrogen and oxygen atoms in total. The maximum Gasteiger partial charge on any atom is 0.219 e. The van der Waals surface area contributed by atoms with Crippen molar-refractivity contribution >= 4 is 38.9 Å². The van der Waals surface area contributed by atoms with E-state index >= 15 is 0 Å². The minimum atomic E-state index is -4.09. The maximum absolute atomic E-state index is 14.1. The van der Waals surface area contributed by atoms with Crippen LogP contribution in [-0.2, 0) is 15.6 Å². The van der Waals surface area contributed by atoms with Gasteiger partial charge in [-0.1, -0.05) is 54.1 Å². The highest BCUT2D eigenvalue weighted by atomic mass is 35.5. The van der Waals surface area contributed by atoms with Gasteiger partial charge in [0.1, 0.15) is 16.9 Å². The van der Waals surface area contributed by atoms with Crippen molar-refractivity contribution in [1.29, 1.82) is 5.26 Å². The van der Waals surface area contributed by atoms with Crippen LogP contribution in [0.5, 0.6) is 0 Å². The van der Waals surface area contributed by atoms with Gasteiger partial charge in [-0.25, -0.2) is 12.8 Å². The van der Waals surface area contributed by atoms with Gasteiger partial charge in [0.2, 0.25) is 9.84 Å². The molecule has 31 heavy (non-hydrogen) atoms. The average Bonchev–Trinajstić information content (AvgIpc) is 2.76. The summed E-state index contributed by atoms with van der Waals surface area (Å²) in [4.78, 5) is -0.448. The number of nitriles is 1. The summed E-state index contributed by atoms with van der Waals surface area (Å²) in [6.45, 7) is 1.84. The van der Waals surface area contributed by atoms with Gasteiger partial charge >= 0.3 is 0 Å². The minimum absolute atomic E-state index is 0.000666. The van der Waals surface area contributed by atoms with Crippen molar-refractivity contribution in [3.63, 3.8) is 0 Å². The third kappa shape index (κ3) is 5.47. The van der Waals surface area contributed by atoms with Crippen LogP contribution in [0.2, 0.25) is 5.02 Å². The van der Waals surface area contributed by atoms with Crippen LogP contribution < -0.4 is 5.32 Å². The topological polar surface area (TPSA) is 70.0 Å². The minimum Gasteiger partial charge on any atom is -0.348 e. The molecule has 0 unspecified atom stereocenters. The molecule has 0 aromatic heterocycles. The molecular formula is C23H18ClFN2O2S2. The molecule has 0 aliphatic heterocycles. The standard InChI is InChI=1S/C23H18ClFN2O2S2/c1-16-11-12-18(13-20(16)24)27-23(30-15-17-7-5-6-10-21(17)25)22(14-26)31(28,29)19-8-3-2-4-9-19/h2-13,27H,15H2,1H3. The number of rotatable bonds is 7. The summed E-state index contributed by atoms with van der Waals surface area (Å²) in [6.07, 6.45) is 0. The Morgan fingerprint density at radius 2 is 1.77 bits per heavy atom. The molecular weight excluding hydrogens is 455 g/mol. The summed E-state index contributed by atoms with van der Waals surface area (Å²) < 4.78 is 40.4. The van der Waals surface area contributed by atoms with Crippen molar-refractivity contribution < 1.29 is 12.8 Å². The van der Waals surface area contributed by atoms with Gasteiger partial charge in [-0.3, -0.25) is 0 Å². The summed E-state index contributed by atoms with van der Waals surface area (Å²) in [5.74, 6) is -0.276. The quantitative estimate of drug-likeness (QED) is 0.408. The Morgan fingerprint density at radius 3 is 2.42 bits per heavy atom. The Labute approximate surface area is 190 Å². The molecule has 0 atom stereocenters. The zero-order chi connectivity index (χ0) is 22.4. The fourth-order valence-electron chi connectivity index (χ4n) is 2.68. The number of thioether (sulfide) groups is 1.